The lowest BCUT2D eigenvalue weighted by Gasteiger charge is -2.37. The minimum Gasteiger partial charge on any atom is -0.352 e. The van der Waals surface area contributed by atoms with Crippen molar-refractivity contribution < 1.29 is 4.79 Å². The highest BCUT2D eigenvalue weighted by molar-refractivity contribution is 5.93. The Morgan fingerprint density at radius 1 is 1.36 bits per heavy atom. The number of hydrogen-bond acceptors (Lipinski definition) is 3. The van der Waals surface area contributed by atoms with E-state index >= 15 is 0 Å². The number of carbonyl (C=O) groups excluding carboxylic acids is 1. The van der Waals surface area contributed by atoms with Crippen molar-refractivity contribution in [2.24, 2.45) is 13.0 Å². The van der Waals surface area contributed by atoms with Crippen molar-refractivity contribution in [2.45, 2.75) is 38.1 Å². The van der Waals surface area contributed by atoms with Gasteiger partial charge in [0.2, 0.25) is 0 Å². The molecule has 0 radical (unpaired) electrons. The number of hydrogen-bond donors (Lipinski definition) is 1. The lowest BCUT2D eigenvalue weighted by Crippen LogP contribution is -2.43. The average molecular weight is 302 g/mol. The number of rotatable bonds is 4. The minimum absolute atomic E-state index is 0.00857. The molecule has 2 heterocycles. The van der Waals surface area contributed by atoms with Crippen molar-refractivity contribution in [2.75, 3.05) is 19.6 Å². The van der Waals surface area contributed by atoms with E-state index in [9.17, 15) is 4.79 Å². The zero-order chi connectivity index (χ0) is 15.4. The van der Waals surface area contributed by atoms with Gasteiger partial charge in [-0.1, -0.05) is 12.2 Å². The monoisotopic (exact) mass is 302 g/mol. The fraction of sp³-hybridized carbons (Fsp3) is 0.647. The quantitative estimate of drug-likeness (QED) is 0.865. The first kappa shape index (κ1) is 15.3. The molecule has 1 saturated heterocycles. The van der Waals surface area contributed by atoms with Crippen LogP contribution in [0.5, 0.6) is 0 Å². The maximum atomic E-state index is 12.0. The Bertz CT molecular complexity index is 529. The zero-order valence-electron chi connectivity index (χ0n) is 13.4. The normalized spacial score (nSPS) is 23.6. The first-order valence-corrected chi connectivity index (χ1v) is 8.40. The van der Waals surface area contributed by atoms with Crippen LogP contribution in [0.3, 0.4) is 0 Å². The number of likely N-dealkylation sites (tertiary alicyclic amines) is 1. The zero-order valence-corrected chi connectivity index (χ0v) is 13.4. The number of nitrogens with one attached hydrogen (secondary N) is 1. The highest BCUT2D eigenvalue weighted by Gasteiger charge is 2.24. The molecule has 1 aromatic heterocycles. The van der Waals surface area contributed by atoms with Crippen LogP contribution in [0.2, 0.25) is 0 Å². The summed E-state index contributed by atoms with van der Waals surface area (Å²) in [6.07, 6.45) is 14.3. The van der Waals surface area contributed by atoms with Gasteiger partial charge in [0.15, 0.2) is 0 Å². The topological polar surface area (TPSA) is 50.2 Å². The molecule has 0 spiro atoms. The van der Waals surface area contributed by atoms with Gasteiger partial charge < -0.3 is 5.32 Å². The summed E-state index contributed by atoms with van der Waals surface area (Å²) in [6.45, 7) is 3.09. The summed E-state index contributed by atoms with van der Waals surface area (Å²) >= 11 is 0. The molecule has 120 valence electrons. The molecule has 0 unspecified atom stereocenters. The second kappa shape index (κ2) is 7.09. The van der Waals surface area contributed by atoms with Gasteiger partial charge >= 0.3 is 0 Å². The van der Waals surface area contributed by atoms with Crippen molar-refractivity contribution in [3.05, 3.63) is 30.1 Å². The SMILES string of the molecule is Cn1cc(C(=O)NCC2CCN([C@@H]3C=CCCC3)CC2)cn1. The maximum Gasteiger partial charge on any atom is 0.254 e. The largest absolute Gasteiger partial charge is 0.352 e. The molecule has 0 saturated carbocycles. The number of aromatic nitrogens is 2. The maximum absolute atomic E-state index is 12.0. The molecule has 1 amide bonds. The Morgan fingerprint density at radius 2 is 2.18 bits per heavy atom. The van der Waals surface area contributed by atoms with Gasteiger partial charge in [0.05, 0.1) is 11.8 Å². The summed E-state index contributed by atoms with van der Waals surface area (Å²) in [6, 6.07) is 0.652. The molecule has 1 aromatic rings. The van der Waals surface area contributed by atoms with Gasteiger partial charge in [0.1, 0.15) is 0 Å². The van der Waals surface area contributed by atoms with Gasteiger partial charge in [0, 0.05) is 25.8 Å². The van der Waals surface area contributed by atoms with Crippen LogP contribution in [0.4, 0.5) is 0 Å². The molecule has 22 heavy (non-hydrogen) atoms. The van der Waals surface area contributed by atoms with E-state index < -0.39 is 0 Å². The van der Waals surface area contributed by atoms with Crippen LogP contribution in [0.25, 0.3) is 0 Å². The fourth-order valence-electron chi connectivity index (χ4n) is 3.46. The third-order valence-corrected chi connectivity index (χ3v) is 4.87. The molecule has 1 aliphatic heterocycles. The van der Waals surface area contributed by atoms with E-state index in [0.717, 1.165) is 19.6 Å². The lowest BCUT2D eigenvalue weighted by molar-refractivity contribution is 0.0929. The molecule has 2 aliphatic rings. The summed E-state index contributed by atoms with van der Waals surface area (Å²) < 4.78 is 1.66. The van der Waals surface area contributed by atoms with Crippen LogP contribution in [-0.2, 0) is 7.05 Å². The molecular formula is C17H26N4O. The van der Waals surface area contributed by atoms with E-state index in [1.165, 1.54) is 32.1 Å². The van der Waals surface area contributed by atoms with E-state index in [0.29, 0.717) is 17.5 Å². The van der Waals surface area contributed by atoms with Crippen molar-refractivity contribution >= 4 is 5.91 Å². The van der Waals surface area contributed by atoms with Crippen molar-refractivity contribution in [1.29, 1.82) is 0 Å². The number of amides is 1. The summed E-state index contributed by atoms with van der Waals surface area (Å²) in [5, 5.41) is 7.09. The third-order valence-electron chi connectivity index (χ3n) is 4.87. The molecule has 3 rings (SSSR count). The first-order chi connectivity index (χ1) is 10.7. The number of aryl methyl sites for hydroxylation is 1. The van der Waals surface area contributed by atoms with Crippen LogP contribution >= 0.6 is 0 Å². The standard InChI is InChI=1S/C17H26N4O/c1-20-13-15(12-19-20)17(22)18-11-14-7-9-21(10-8-14)16-5-3-2-4-6-16/h3,5,12-14,16H,2,4,6-11H2,1H3,(H,18,22)/t16-/m1/s1. The summed E-state index contributed by atoms with van der Waals surface area (Å²) in [5.74, 6) is 0.593. The van der Waals surface area contributed by atoms with Crippen LogP contribution in [0.15, 0.2) is 24.5 Å². The van der Waals surface area contributed by atoms with Gasteiger partial charge in [-0.05, 0) is 51.1 Å². The highest BCUT2D eigenvalue weighted by atomic mass is 16.1. The van der Waals surface area contributed by atoms with Crippen LogP contribution in [0, 0.1) is 5.92 Å². The summed E-state index contributed by atoms with van der Waals surface area (Å²) in [4.78, 5) is 14.6. The Balaban J connectivity index is 1.41. The fourth-order valence-corrected chi connectivity index (χ4v) is 3.46. The van der Waals surface area contributed by atoms with Crippen LogP contribution in [0.1, 0.15) is 42.5 Å². The second-order valence-electron chi connectivity index (χ2n) is 6.52. The highest BCUT2D eigenvalue weighted by Crippen LogP contribution is 2.23. The Kier molecular flexibility index (Phi) is 4.93. The second-order valence-corrected chi connectivity index (χ2v) is 6.52. The van der Waals surface area contributed by atoms with Crippen molar-refractivity contribution in [1.82, 2.24) is 20.0 Å². The van der Waals surface area contributed by atoms with Crippen molar-refractivity contribution in [3.63, 3.8) is 0 Å². The Hall–Kier alpha value is -1.62. The molecule has 1 atom stereocenters. The number of carbonyl (C=O) groups is 1. The summed E-state index contributed by atoms with van der Waals surface area (Å²) in [7, 11) is 1.83. The van der Waals surface area contributed by atoms with E-state index in [2.05, 4.69) is 27.5 Å². The van der Waals surface area contributed by atoms with Gasteiger partial charge in [-0.3, -0.25) is 14.4 Å². The van der Waals surface area contributed by atoms with Crippen LogP contribution in [-0.4, -0.2) is 46.3 Å². The molecule has 0 bridgehead atoms. The van der Waals surface area contributed by atoms with Gasteiger partial charge in [-0.15, -0.1) is 0 Å². The van der Waals surface area contributed by atoms with Crippen molar-refractivity contribution in [3.8, 4) is 0 Å². The number of piperidine rings is 1. The summed E-state index contributed by atoms with van der Waals surface area (Å²) in [5.41, 5.74) is 0.646. The Morgan fingerprint density at radius 3 is 2.82 bits per heavy atom. The third kappa shape index (κ3) is 3.77. The molecule has 1 N–H and O–H groups in total. The Labute approximate surface area is 132 Å². The molecule has 1 fully saturated rings. The lowest BCUT2D eigenvalue weighted by atomic mass is 9.93. The predicted molar refractivity (Wildman–Crippen MR) is 86.6 cm³/mol. The van der Waals surface area contributed by atoms with Gasteiger partial charge in [-0.25, -0.2) is 0 Å². The van der Waals surface area contributed by atoms with Crippen LogP contribution < -0.4 is 5.32 Å². The van der Waals surface area contributed by atoms with E-state index in [1.54, 1.807) is 17.1 Å². The molecular weight excluding hydrogens is 276 g/mol. The van der Waals surface area contributed by atoms with E-state index in [4.69, 9.17) is 0 Å². The number of nitrogens with zero attached hydrogens (tertiary/aromatic N) is 3. The smallest absolute Gasteiger partial charge is 0.254 e. The predicted octanol–water partition coefficient (Wildman–Crippen LogP) is 1.97. The molecule has 5 nitrogen and oxygen atoms in total. The van der Waals surface area contributed by atoms with Gasteiger partial charge in [-0.2, -0.15) is 5.10 Å². The minimum atomic E-state index is -0.00857. The molecule has 1 aliphatic carbocycles. The van der Waals surface area contributed by atoms with E-state index in [-0.39, 0.29) is 5.91 Å². The first-order valence-electron chi connectivity index (χ1n) is 8.40. The number of allylic oxidation sites excluding steroid dienone is 1. The molecule has 0 aromatic carbocycles. The van der Waals surface area contributed by atoms with E-state index in [1.807, 2.05) is 7.05 Å². The average Bonchev–Trinajstić information content (AvgIpc) is 3.00. The molecule has 5 heteroatoms. The van der Waals surface area contributed by atoms with Gasteiger partial charge in [0.25, 0.3) is 5.91 Å².